The van der Waals surface area contributed by atoms with Crippen LogP contribution in [-0.4, -0.2) is 41.0 Å². The van der Waals surface area contributed by atoms with E-state index in [-0.39, 0.29) is 17.0 Å². The van der Waals surface area contributed by atoms with Crippen LogP contribution in [-0.2, 0) is 16.6 Å². The molecule has 142 valence electrons. The summed E-state index contributed by atoms with van der Waals surface area (Å²) in [7, 11) is -2.31. The van der Waals surface area contributed by atoms with Crippen molar-refractivity contribution >= 4 is 21.6 Å². The van der Waals surface area contributed by atoms with Gasteiger partial charge in [-0.1, -0.05) is 11.2 Å². The van der Waals surface area contributed by atoms with Gasteiger partial charge in [-0.3, -0.25) is 9.89 Å². The molecule has 3 rings (SSSR count). The zero-order chi connectivity index (χ0) is 19.6. The van der Waals surface area contributed by atoms with Gasteiger partial charge in [-0.25, -0.2) is 8.42 Å². The molecule has 0 unspecified atom stereocenters. The maximum absolute atomic E-state index is 12.8. The Bertz CT molecular complexity index is 1040. The Kier molecular flexibility index (Phi) is 5.10. The zero-order valence-electron chi connectivity index (χ0n) is 15.1. The molecule has 0 saturated heterocycles. The van der Waals surface area contributed by atoms with Crippen molar-refractivity contribution in [3.05, 3.63) is 59.2 Å². The van der Waals surface area contributed by atoms with Gasteiger partial charge in [0.2, 0.25) is 10.0 Å². The van der Waals surface area contributed by atoms with Gasteiger partial charge in [0.1, 0.15) is 11.4 Å². The van der Waals surface area contributed by atoms with Crippen LogP contribution in [0.25, 0.3) is 0 Å². The van der Waals surface area contributed by atoms with E-state index in [1.165, 1.54) is 29.6 Å². The maximum Gasteiger partial charge on any atom is 0.255 e. The molecule has 3 aromatic rings. The maximum atomic E-state index is 12.8. The highest BCUT2D eigenvalue weighted by Gasteiger charge is 2.23. The average Bonchev–Trinajstić information content (AvgIpc) is 3.27. The molecule has 2 aromatic heterocycles. The van der Waals surface area contributed by atoms with Gasteiger partial charge in [-0.15, -0.1) is 0 Å². The second kappa shape index (κ2) is 7.33. The molecule has 0 radical (unpaired) electrons. The first-order chi connectivity index (χ1) is 12.8. The van der Waals surface area contributed by atoms with Crippen molar-refractivity contribution in [3.63, 3.8) is 0 Å². The summed E-state index contributed by atoms with van der Waals surface area (Å²) >= 11 is 0. The van der Waals surface area contributed by atoms with Gasteiger partial charge in [0.05, 0.1) is 17.1 Å². The number of aryl methyl sites for hydroxylation is 2. The van der Waals surface area contributed by atoms with Gasteiger partial charge in [-0.2, -0.15) is 9.40 Å². The van der Waals surface area contributed by atoms with Gasteiger partial charge in [-0.05, 0) is 38.1 Å². The van der Waals surface area contributed by atoms with Crippen LogP contribution in [0.15, 0.2) is 45.9 Å². The number of hydrogen-bond donors (Lipinski definition) is 2. The van der Waals surface area contributed by atoms with Crippen molar-refractivity contribution in [2.75, 3.05) is 12.4 Å². The number of H-pyrrole nitrogens is 1. The van der Waals surface area contributed by atoms with E-state index in [4.69, 9.17) is 4.52 Å². The number of carbonyl (C=O) groups excluding carboxylic acids is 1. The highest BCUT2D eigenvalue weighted by atomic mass is 32.2. The van der Waals surface area contributed by atoms with Crippen molar-refractivity contribution < 1.29 is 17.7 Å². The Labute approximate surface area is 156 Å². The van der Waals surface area contributed by atoms with E-state index in [2.05, 4.69) is 20.7 Å². The predicted octanol–water partition coefficient (Wildman–Crippen LogP) is 2.09. The molecule has 2 N–H and O–H groups in total. The van der Waals surface area contributed by atoms with Crippen molar-refractivity contribution in [2.45, 2.75) is 25.3 Å². The molecule has 10 heteroatoms. The highest BCUT2D eigenvalue weighted by molar-refractivity contribution is 7.89. The minimum atomic E-state index is -3.77. The lowest BCUT2D eigenvalue weighted by Crippen LogP contribution is -2.27. The highest BCUT2D eigenvalue weighted by Crippen LogP contribution is 2.21. The number of nitrogens with one attached hydrogen (secondary N) is 2. The summed E-state index contributed by atoms with van der Waals surface area (Å²) in [5.74, 6) is 0.0292. The average molecular weight is 389 g/mol. The lowest BCUT2D eigenvalue weighted by molar-refractivity contribution is 0.102. The molecule has 0 saturated carbocycles. The Morgan fingerprint density at radius 2 is 2.07 bits per heavy atom. The Morgan fingerprint density at radius 3 is 2.70 bits per heavy atom. The number of nitrogens with zero attached hydrogens (tertiary/aromatic N) is 3. The minimum Gasteiger partial charge on any atom is -0.359 e. The van der Waals surface area contributed by atoms with Crippen molar-refractivity contribution in [2.24, 2.45) is 0 Å². The minimum absolute atomic E-state index is 0.0240. The third kappa shape index (κ3) is 3.91. The Balaban J connectivity index is 1.83. The first-order valence-corrected chi connectivity index (χ1v) is 9.52. The van der Waals surface area contributed by atoms with E-state index in [0.717, 1.165) is 0 Å². The molecular formula is C17H19N5O4S. The second-order valence-corrected chi connectivity index (χ2v) is 8.07. The third-order valence-electron chi connectivity index (χ3n) is 4.03. The predicted molar refractivity (Wildman–Crippen MR) is 97.6 cm³/mol. The number of benzene rings is 1. The van der Waals surface area contributed by atoms with Gasteiger partial charge >= 0.3 is 0 Å². The molecule has 27 heavy (non-hydrogen) atoms. The van der Waals surface area contributed by atoms with Crippen molar-refractivity contribution in [1.82, 2.24) is 19.7 Å². The monoisotopic (exact) mass is 389 g/mol. The molecule has 2 heterocycles. The summed E-state index contributed by atoms with van der Waals surface area (Å²) < 4.78 is 31.8. The van der Waals surface area contributed by atoms with Gasteiger partial charge in [0.15, 0.2) is 5.76 Å². The van der Waals surface area contributed by atoms with E-state index in [9.17, 15) is 13.2 Å². The Morgan fingerprint density at radius 1 is 1.30 bits per heavy atom. The largest absolute Gasteiger partial charge is 0.359 e. The van der Waals surface area contributed by atoms with Crippen LogP contribution >= 0.6 is 0 Å². The lowest BCUT2D eigenvalue weighted by atomic mass is 10.2. The molecule has 1 amide bonds. The molecule has 0 atom stereocenters. The fourth-order valence-corrected chi connectivity index (χ4v) is 3.72. The fourth-order valence-electron chi connectivity index (χ4n) is 2.52. The molecule has 0 spiro atoms. The van der Waals surface area contributed by atoms with Crippen molar-refractivity contribution in [1.29, 1.82) is 0 Å². The topological polar surface area (TPSA) is 121 Å². The molecular weight excluding hydrogens is 370 g/mol. The quantitative estimate of drug-likeness (QED) is 0.666. The van der Waals surface area contributed by atoms with Gasteiger partial charge in [0.25, 0.3) is 5.91 Å². The van der Waals surface area contributed by atoms with Crippen LogP contribution in [0.5, 0.6) is 0 Å². The molecule has 0 aliphatic heterocycles. The number of hydrogen-bond acceptors (Lipinski definition) is 6. The lowest BCUT2D eigenvalue weighted by Gasteiger charge is -2.16. The van der Waals surface area contributed by atoms with Crippen LogP contribution in [0.1, 0.15) is 27.5 Å². The molecule has 9 nitrogen and oxygen atoms in total. The number of aromatic amines is 1. The second-order valence-electron chi connectivity index (χ2n) is 6.02. The number of rotatable bonds is 6. The van der Waals surface area contributed by atoms with Crippen LogP contribution in [0.2, 0.25) is 0 Å². The van der Waals surface area contributed by atoms with Crippen LogP contribution < -0.4 is 5.32 Å². The van der Waals surface area contributed by atoms with E-state index in [1.54, 1.807) is 32.2 Å². The zero-order valence-corrected chi connectivity index (χ0v) is 15.9. The van der Waals surface area contributed by atoms with E-state index in [1.807, 2.05) is 0 Å². The molecule has 0 aliphatic rings. The molecule has 0 fully saturated rings. The SMILES string of the molecule is Cc1noc(C)c1NC(=O)c1cccc(S(=O)(=O)N(C)Cc2ccn[nH]2)c1. The first-order valence-electron chi connectivity index (χ1n) is 8.08. The van der Waals surface area contributed by atoms with Crippen LogP contribution in [0, 0.1) is 13.8 Å². The third-order valence-corrected chi connectivity index (χ3v) is 5.83. The summed E-state index contributed by atoms with van der Waals surface area (Å²) in [6.45, 7) is 3.52. The number of amides is 1. The standard InChI is InChI=1S/C17H19N5O4S/c1-11-16(12(2)26-21-11)19-17(23)13-5-4-6-15(9-13)27(24,25)22(3)10-14-7-8-18-20-14/h4-9H,10H2,1-3H3,(H,18,20)(H,19,23). The summed E-state index contributed by atoms with van der Waals surface area (Å²) in [4.78, 5) is 12.5. The van der Waals surface area contributed by atoms with E-state index in [0.29, 0.717) is 22.8 Å². The fraction of sp³-hybridized carbons (Fsp3) is 0.235. The summed E-state index contributed by atoms with van der Waals surface area (Å²) in [6, 6.07) is 7.55. The van der Waals surface area contributed by atoms with Crippen molar-refractivity contribution in [3.8, 4) is 0 Å². The number of aromatic nitrogens is 3. The van der Waals surface area contributed by atoms with E-state index >= 15 is 0 Å². The van der Waals surface area contributed by atoms with Crippen LogP contribution in [0.4, 0.5) is 5.69 Å². The number of carbonyl (C=O) groups is 1. The van der Waals surface area contributed by atoms with Gasteiger partial charge in [0, 0.05) is 18.8 Å². The molecule has 1 aromatic carbocycles. The normalized spacial score (nSPS) is 11.7. The number of sulfonamides is 1. The van der Waals surface area contributed by atoms with E-state index < -0.39 is 15.9 Å². The molecule has 0 aliphatic carbocycles. The summed E-state index contributed by atoms with van der Waals surface area (Å²) in [6.07, 6.45) is 1.55. The smallest absolute Gasteiger partial charge is 0.255 e. The van der Waals surface area contributed by atoms with Crippen LogP contribution in [0.3, 0.4) is 0 Å². The van der Waals surface area contributed by atoms with Gasteiger partial charge < -0.3 is 9.84 Å². The first kappa shape index (κ1) is 18.8. The Hall–Kier alpha value is -2.98. The number of anilines is 1. The summed E-state index contributed by atoms with van der Waals surface area (Å²) in [5.41, 5.74) is 1.90. The molecule has 0 bridgehead atoms. The summed E-state index contributed by atoms with van der Waals surface area (Å²) in [5, 5.41) is 13.0.